The molecule has 2 rings (SSSR count). The first-order chi connectivity index (χ1) is 7.29. The SMILES string of the molecule is CN1CCC(CN(CCN)C2CC2)CC1. The molecule has 1 aliphatic carbocycles. The average molecular weight is 211 g/mol. The van der Waals surface area contributed by atoms with Gasteiger partial charge in [0.25, 0.3) is 0 Å². The highest BCUT2D eigenvalue weighted by molar-refractivity contribution is 4.86. The number of piperidine rings is 1. The normalized spacial score (nSPS) is 25.0. The number of hydrogen-bond donors (Lipinski definition) is 1. The molecule has 1 saturated carbocycles. The van der Waals surface area contributed by atoms with Gasteiger partial charge in [-0.2, -0.15) is 0 Å². The zero-order chi connectivity index (χ0) is 10.7. The lowest BCUT2D eigenvalue weighted by Gasteiger charge is -2.33. The molecule has 2 fully saturated rings. The summed E-state index contributed by atoms with van der Waals surface area (Å²) in [5.41, 5.74) is 5.67. The number of likely N-dealkylation sites (tertiary alicyclic amines) is 1. The van der Waals surface area contributed by atoms with Crippen molar-refractivity contribution in [3.05, 3.63) is 0 Å². The lowest BCUT2D eigenvalue weighted by Crippen LogP contribution is -2.39. The Morgan fingerprint density at radius 2 is 1.87 bits per heavy atom. The minimum atomic E-state index is 0.823. The van der Waals surface area contributed by atoms with Gasteiger partial charge in [0, 0.05) is 25.7 Å². The predicted octanol–water partition coefficient (Wildman–Crippen LogP) is 0.751. The maximum atomic E-state index is 5.67. The Kier molecular flexibility index (Phi) is 4.00. The van der Waals surface area contributed by atoms with Crippen LogP contribution in [0.1, 0.15) is 25.7 Å². The molecule has 2 aliphatic rings. The molecule has 2 N–H and O–H groups in total. The van der Waals surface area contributed by atoms with Crippen molar-refractivity contribution in [2.45, 2.75) is 31.7 Å². The molecule has 0 radical (unpaired) electrons. The van der Waals surface area contributed by atoms with E-state index in [9.17, 15) is 0 Å². The molecule has 1 aliphatic heterocycles. The van der Waals surface area contributed by atoms with Crippen LogP contribution in [-0.4, -0.2) is 55.6 Å². The monoisotopic (exact) mass is 211 g/mol. The largest absolute Gasteiger partial charge is 0.329 e. The molecule has 3 nitrogen and oxygen atoms in total. The lowest BCUT2D eigenvalue weighted by molar-refractivity contribution is 0.158. The minimum absolute atomic E-state index is 0.823. The molecule has 1 heterocycles. The van der Waals surface area contributed by atoms with E-state index in [2.05, 4.69) is 16.8 Å². The molecule has 0 spiro atoms. The fourth-order valence-electron chi connectivity index (χ4n) is 2.60. The van der Waals surface area contributed by atoms with E-state index in [4.69, 9.17) is 5.73 Å². The Morgan fingerprint density at radius 1 is 1.20 bits per heavy atom. The highest BCUT2D eigenvalue weighted by atomic mass is 15.2. The van der Waals surface area contributed by atoms with E-state index >= 15 is 0 Å². The van der Waals surface area contributed by atoms with Gasteiger partial charge in [-0.05, 0) is 51.7 Å². The second-order valence-electron chi connectivity index (χ2n) is 5.26. The van der Waals surface area contributed by atoms with Gasteiger partial charge in [0.15, 0.2) is 0 Å². The van der Waals surface area contributed by atoms with Crippen molar-refractivity contribution in [2.24, 2.45) is 11.7 Å². The fraction of sp³-hybridized carbons (Fsp3) is 1.00. The van der Waals surface area contributed by atoms with Crippen LogP contribution in [0.4, 0.5) is 0 Å². The van der Waals surface area contributed by atoms with Crippen molar-refractivity contribution in [2.75, 3.05) is 39.8 Å². The Bertz CT molecular complexity index is 183. The van der Waals surface area contributed by atoms with Crippen LogP contribution in [0.2, 0.25) is 0 Å². The zero-order valence-corrected chi connectivity index (χ0v) is 9.99. The van der Waals surface area contributed by atoms with E-state index in [1.54, 1.807) is 0 Å². The van der Waals surface area contributed by atoms with E-state index in [1.165, 1.54) is 45.3 Å². The quantitative estimate of drug-likeness (QED) is 0.728. The molecular weight excluding hydrogens is 186 g/mol. The van der Waals surface area contributed by atoms with Gasteiger partial charge in [-0.15, -0.1) is 0 Å². The highest BCUT2D eigenvalue weighted by Crippen LogP contribution is 2.28. The first-order valence-electron chi connectivity index (χ1n) is 6.42. The van der Waals surface area contributed by atoms with Crippen molar-refractivity contribution in [1.29, 1.82) is 0 Å². The van der Waals surface area contributed by atoms with Crippen LogP contribution in [0.15, 0.2) is 0 Å². The van der Waals surface area contributed by atoms with Gasteiger partial charge >= 0.3 is 0 Å². The smallest absolute Gasteiger partial charge is 0.0108 e. The maximum absolute atomic E-state index is 5.67. The number of nitrogens with two attached hydrogens (primary N) is 1. The summed E-state index contributed by atoms with van der Waals surface area (Å²) >= 11 is 0. The highest BCUT2D eigenvalue weighted by Gasteiger charge is 2.30. The van der Waals surface area contributed by atoms with Crippen LogP contribution in [0.3, 0.4) is 0 Å². The summed E-state index contributed by atoms with van der Waals surface area (Å²) in [5, 5.41) is 0. The van der Waals surface area contributed by atoms with E-state index in [0.29, 0.717) is 0 Å². The molecule has 0 aromatic rings. The lowest BCUT2D eigenvalue weighted by atomic mass is 9.96. The molecule has 88 valence electrons. The molecule has 0 unspecified atom stereocenters. The Labute approximate surface area is 93.6 Å². The number of rotatable bonds is 5. The number of nitrogens with zero attached hydrogens (tertiary/aromatic N) is 2. The summed E-state index contributed by atoms with van der Waals surface area (Å²) in [7, 11) is 2.23. The van der Waals surface area contributed by atoms with Gasteiger partial charge in [0.2, 0.25) is 0 Å². The summed E-state index contributed by atoms with van der Waals surface area (Å²) in [6.45, 7) is 5.80. The molecule has 0 atom stereocenters. The van der Waals surface area contributed by atoms with Crippen LogP contribution >= 0.6 is 0 Å². The van der Waals surface area contributed by atoms with Gasteiger partial charge in [-0.25, -0.2) is 0 Å². The molecule has 3 heteroatoms. The van der Waals surface area contributed by atoms with Gasteiger partial charge in [-0.1, -0.05) is 0 Å². The fourth-order valence-corrected chi connectivity index (χ4v) is 2.60. The molecule has 0 aromatic heterocycles. The van der Waals surface area contributed by atoms with Crippen molar-refractivity contribution in [3.8, 4) is 0 Å². The third-order valence-corrected chi connectivity index (χ3v) is 3.81. The van der Waals surface area contributed by atoms with Crippen molar-refractivity contribution >= 4 is 0 Å². The Morgan fingerprint density at radius 3 is 2.40 bits per heavy atom. The van der Waals surface area contributed by atoms with Gasteiger partial charge in [-0.3, -0.25) is 4.90 Å². The second-order valence-corrected chi connectivity index (χ2v) is 5.26. The van der Waals surface area contributed by atoms with Crippen LogP contribution in [0.5, 0.6) is 0 Å². The van der Waals surface area contributed by atoms with Crippen LogP contribution in [-0.2, 0) is 0 Å². The Hall–Kier alpha value is -0.120. The van der Waals surface area contributed by atoms with Crippen LogP contribution in [0, 0.1) is 5.92 Å². The summed E-state index contributed by atoms with van der Waals surface area (Å²) in [5.74, 6) is 0.924. The number of hydrogen-bond acceptors (Lipinski definition) is 3. The molecule has 1 saturated heterocycles. The van der Waals surface area contributed by atoms with E-state index in [1.807, 2.05) is 0 Å². The Balaban J connectivity index is 1.73. The predicted molar refractivity (Wildman–Crippen MR) is 63.9 cm³/mol. The average Bonchev–Trinajstić information content (AvgIpc) is 3.04. The van der Waals surface area contributed by atoms with E-state index in [-0.39, 0.29) is 0 Å². The molecule has 0 aromatic carbocycles. The topological polar surface area (TPSA) is 32.5 Å². The van der Waals surface area contributed by atoms with Crippen molar-refractivity contribution in [3.63, 3.8) is 0 Å². The molecule has 0 bridgehead atoms. The van der Waals surface area contributed by atoms with Gasteiger partial charge < -0.3 is 10.6 Å². The van der Waals surface area contributed by atoms with Crippen LogP contribution in [0.25, 0.3) is 0 Å². The first kappa shape index (κ1) is 11.4. The minimum Gasteiger partial charge on any atom is -0.329 e. The third-order valence-electron chi connectivity index (χ3n) is 3.81. The van der Waals surface area contributed by atoms with Gasteiger partial charge in [0.05, 0.1) is 0 Å². The summed E-state index contributed by atoms with van der Waals surface area (Å²) in [6, 6.07) is 0.883. The maximum Gasteiger partial charge on any atom is 0.0108 e. The summed E-state index contributed by atoms with van der Waals surface area (Å²) < 4.78 is 0. The van der Waals surface area contributed by atoms with E-state index < -0.39 is 0 Å². The van der Waals surface area contributed by atoms with Crippen molar-refractivity contribution < 1.29 is 0 Å². The summed E-state index contributed by atoms with van der Waals surface area (Å²) in [4.78, 5) is 5.08. The zero-order valence-electron chi connectivity index (χ0n) is 9.99. The van der Waals surface area contributed by atoms with Crippen molar-refractivity contribution in [1.82, 2.24) is 9.80 Å². The summed E-state index contributed by atoms with van der Waals surface area (Å²) in [6.07, 6.45) is 5.58. The molecule has 0 amide bonds. The van der Waals surface area contributed by atoms with Crippen LogP contribution < -0.4 is 5.73 Å². The molecule has 15 heavy (non-hydrogen) atoms. The first-order valence-corrected chi connectivity index (χ1v) is 6.42. The molecular formula is C12H25N3. The van der Waals surface area contributed by atoms with Gasteiger partial charge in [0.1, 0.15) is 0 Å². The standard InChI is InChI=1S/C12H25N3/c1-14-7-4-11(5-8-14)10-15(9-6-13)12-2-3-12/h11-12H,2-10,13H2,1H3. The third kappa shape index (κ3) is 3.44. The van der Waals surface area contributed by atoms with E-state index in [0.717, 1.165) is 25.0 Å². The second kappa shape index (κ2) is 5.28.